The average molecular weight is 362 g/mol. The van der Waals surface area contributed by atoms with Gasteiger partial charge in [0.1, 0.15) is 12.4 Å². The Bertz CT molecular complexity index is 802. The summed E-state index contributed by atoms with van der Waals surface area (Å²) in [6.45, 7) is 1.77. The Morgan fingerprint density at radius 1 is 1.50 bits per heavy atom. The highest BCUT2D eigenvalue weighted by Gasteiger charge is 2.36. The number of nitrogen functional groups attached to an aromatic ring is 1. The van der Waals surface area contributed by atoms with Crippen LogP contribution in [0.4, 0.5) is 10.2 Å². The Balaban J connectivity index is 1.77. The van der Waals surface area contributed by atoms with Crippen molar-refractivity contribution in [2.24, 2.45) is 5.92 Å². The Labute approximate surface area is 150 Å². The van der Waals surface area contributed by atoms with Gasteiger partial charge in [-0.15, -0.1) is 0 Å². The van der Waals surface area contributed by atoms with E-state index in [0.29, 0.717) is 24.2 Å². The van der Waals surface area contributed by atoms with E-state index in [1.165, 1.54) is 23.9 Å². The maximum absolute atomic E-state index is 14.1. The smallest absolute Gasteiger partial charge is 0.242 e. The number of nitrogens with one attached hydrogen (secondary N) is 1. The molecule has 1 atom stereocenters. The fourth-order valence-corrected chi connectivity index (χ4v) is 3.30. The van der Waals surface area contributed by atoms with E-state index in [1.807, 2.05) is 0 Å². The minimum absolute atomic E-state index is 0.0237. The second-order valence-corrected chi connectivity index (χ2v) is 6.69. The summed E-state index contributed by atoms with van der Waals surface area (Å²) in [5.41, 5.74) is 7.19. The number of ether oxygens (including phenoxy) is 1. The molecule has 1 saturated carbocycles. The number of hydrogen-bond acceptors (Lipinski definition) is 5. The zero-order chi connectivity index (χ0) is 18.8. The first-order valence-electron chi connectivity index (χ1n) is 8.48. The van der Waals surface area contributed by atoms with Crippen LogP contribution in [0.2, 0.25) is 0 Å². The van der Waals surface area contributed by atoms with Crippen molar-refractivity contribution in [3.05, 3.63) is 41.3 Å². The molecule has 1 aromatic carbocycles. The predicted molar refractivity (Wildman–Crippen MR) is 93.9 cm³/mol. The average Bonchev–Trinajstić information content (AvgIpc) is 2.87. The van der Waals surface area contributed by atoms with Crippen LogP contribution in [0.3, 0.4) is 0 Å². The Morgan fingerprint density at radius 2 is 2.23 bits per heavy atom. The van der Waals surface area contributed by atoms with Crippen LogP contribution < -0.4 is 15.8 Å². The number of methoxy groups -OCH3 is 1. The van der Waals surface area contributed by atoms with Crippen LogP contribution in [-0.2, 0) is 11.3 Å². The summed E-state index contributed by atoms with van der Waals surface area (Å²) in [4.78, 5) is 12.5. The summed E-state index contributed by atoms with van der Waals surface area (Å²) in [5.74, 6) is -0.173. The van der Waals surface area contributed by atoms with Gasteiger partial charge in [0.2, 0.25) is 5.91 Å². The van der Waals surface area contributed by atoms with E-state index in [1.54, 1.807) is 19.1 Å². The summed E-state index contributed by atoms with van der Waals surface area (Å²) in [6, 6.07) is 5.91. The molecule has 0 saturated heterocycles. The highest BCUT2D eigenvalue weighted by atomic mass is 19.1. The predicted octanol–water partition coefficient (Wildman–Crippen LogP) is 1.55. The maximum atomic E-state index is 14.1. The molecule has 0 radical (unpaired) electrons. The van der Waals surface area contributed by atoms with Gasteiger partial charge in [-0.25, -0.2) is 9.07 Å². The van der Waals surface area contributed by atoms with Gasteiger partial charge in [-0.3, -0.25) is 4.79 Å². The molecule has 140 valence electrons. The summed E-state index contributed by atoms with van der Waals surface area (Å²) < 4.78 is 20.5. The van der Waals surface area contributed by atoms with E-state index in [0.717, 1.165) is 5.69 Å². The number of rotatable bonds is 6. The number of nitrogens with zero attached hydrogens (tertiary/aromatic N) is 2. The third-order valence-corrected chi connectivity index (χ3v) is 4.70. The molecule has 26 heavy (non-hydrogen) atoms. The van der Waals surface area contributed by atoms with Crippen molar-refractivity contribution in [3.63, 3.8) is 0 Å². The lowest BCUT2D eigenvalue weighted by Gasteiger charge is -2.38. The molecule has 1 aromatic heterocycles. The van der Waals surface area contributed by atoms with E-state index in [4.69, 9.17) is 10.5 Å². The number of benzene rings is 1. The number of amides is 1. The Hall–Kier alpha value is -2.61. The lowest BCUT2D eigenvalue weighted by molar-refractivity contribution is -0.123. The van der Waals surface area contributed by atoms with Gasteiger partial charge in [0.15, 0.2) is 11.6 Å². The van der Waals surface area contributed by atoms with Crippen LogP contribution in [0.5, 0.6) is 5.75 Å². The van der Waals surface area contributed by atoms with Gasteiger partial charge in [0.25, 0.3) is 0 Å². The van der Waals surface area contributed by atoms with Gasteiger partial charge in [-0.1, -0.05) is 6.07 Å². The molecule has 1 aliphatic carbocycles. The zero-order valence-corrected chi connectivity index (χ0v) is 14.8. The lowest BCUT2D eigenvalue weighted by atomic mass is 9.75. The third kappa shape index (κ3) is 3.80. The van der Waals surface area contributed by atoms with Crippen molar-refractivity contribution in [3.8, 4) is 5.75 Å². The van der Waals surface area contributed by atoms with Crippen molar-refractivity contribution in [2.45, 2.75) is 38.5 Å². The van der Waals surface area contributed by atoms with Gasteiger partial charge >= 0.3 is 0 Å². The Kier molecular flexibility index (Phi) is 5.13. The number of carbonyl (C=O) groups is 1. The largest absolute Gasteiger partial charge is 0.494 e. The van der Waals surface area contributed by atoms with E-state index >= 15 is 0 Å². The van der Waals surface area contributed by atoms with Crippen LogP contribution in [-0.4, -0.2) is 34.0 Å². The molecule has 0 bridgehead atoms. The molecule has 3 rings (SSSR count). The van der Waals surface area contributed by atoms with Gasteiger partial charge < -0.3 is 20.9 Å². The fourth-order valence-electron chi connectivity index (χ4n) is 3.30. The minimum atomic E-state index is -0.490. The van der Waals surface area contributed by atoms with Crippen molar-refractivity contribution in [1.29, 1.82) is 0 Å². The molecular weight excluding hydrogens is 339 g/mol. The first-order valence-corrected chi connectivity index (χ1v) is 8.48. The van der Waals surface area contributed by atoms with Crippen LogP contribution in [0, 0.1) is 18.7 Å². The molecule has 1 fully saturated rings. The van der Waals surface area contributed by atoms with Crippen molar-refractivity contribution in [2.75, 3.05) is 12.8 Å². The molecule has 2 aromatic rings. The van der Waals surface area contributed by atoms with Crippen molar-refractivity contribution >= 4 is 11.7 Å². The normalized spacial score (nSPS) is 20.3. The highest BCUT2D eigenvalue weighted by Crippen LogP contribution is 2.39. The topological polar surface area (TPSA) is 102 Å². The molecular formula is C18H23FN4O3. The fraction of sp³-hybridized carbons (Fsp3) is 0.444. The number of nitrogens with two attached hydrogens (primary N) is 1. The quantitative estimate of drug-likeness (QED) is 0.724. The van der Waals surface area contributed by atoms with Crippen LogP contribution in [0.1, 0.15) is 30.1 Å². The highest BCUT2D eigenvalue weighted by molar-refractivity contribution is 5.76. The monoisotopic (exact) mass is 362 g/mol. The van der Waals surface area contributed by atoms with E-state index in [9.17, 15) is 14.3 Å². The van der Waals surface area contributed by atoms with Gasteiger partial charge in [-0.2, -0.15) is 5.10 Å². The molecule has 0 aliphatic heterocycles. The number of aliphatic hydroxyl groups is 1. The first-order chi connectivity index (χ1) is 12.4. The summed E-state index contributed by atoms with van der Waals surface area (Å²) in [5, 5.41) is 16.7. The zero-order valence-electron chi connectivity index (χ0n) is 14.8. The number of anilines is 1. The third-order valence-electron chi connectivity index (χ3n) is 4.70. The summed E-state index contributed by atoms with van der Waals surface area (Å²) in [6.07, 6.45) is 0.732. The number of hydrogen-bond donors (Lipinski definition) is 3. The second kappa shape index (κ2) is 7.33. The summed E-state index contributed by atoms with van der Waals surface area (Å²) >= 11 is 0. The first kappa shape index (κ1) is 18.2. The van der Waals surface area contributed by atoms with Gasteiger partial charge in [0.05, 0.1) is 24.9 Å². The summed E-state index contributed by atoms with van der Waals surface area (Å²) in [7, 11) is 1.40. The van der Waals surface area contributed by atoms with Gasteiger partial charge in [0, 0.05) is 6.07 Å². The van der Waals surface area contributed by atoms with E-state index < -0.39 is 11.9 Å². The van der Waals surface area contributed by atoms with E-state index in [-0.39, 0.29) is 30.2 Å². The molecule has 1 amide bonds. The van der Waals surface area contributed by atoms with Crippen LogP contribution in [0.15, 0.2) is 24.3 Å². The molecule has 0 spiro atoms. The second-order valence-electron chi connectivity index (χ2n) is 6.69. The van der Waals surface area contributed by atoms with Crippen LogP contribution in [0.25, 0.3) is 0 Å². The van der Waals surface area contributed by atoms with E-state index in [2.05, 4.69) is 10.4 Å². The maximum Gasteiger partial charge on any atom is 0.242 e. The molecule has 1 heterocycles. The molecule has 1 aliphatic rings. The molecule has 0 unspecified atom stereocenters. The SMILES string of the molecule is COc1ccc([C@@H](NC(=O)Cn2nc(C)cc2N)C2CC(O)C2)cc1F. The minimum Gasteiger partial charge on any atom is -0.494 e. The molecule has 7 nitrogen and oxygen atoms in total. The Morgan fingerprint density at radius 3 is 2.77 bits per heavy atom. The molecule has 8 heteroatoms. The molecule has 4 N–H and O–H groups in total. The van der Waals surface area contributed by atoms with Crippen molar-refractivity contribution in [1.82, 2.24) is 15.1 Å². The standard InChI is InChI=1S/C18H23FN4O3/c1-10-5-16(20)23(22-10)9-17(25)21-18(12-6-13(24)7-12)11-3-4-15(26-2)14(19)8-11/h3-5,8,12-13,18,24H,6-7,9,20H2,1-2H3,(H,21,25)/t12?,13?,18-/m1/s1. The lowest BCUT2D eigenvalue weighted by Crippen LogP contribution is -2.42. The number of aromatic nitrogens is 2. The number of halogens is 1. The van der Waals surface area contributed by atoms with Crippen molar-refractivity contribution < 1.29 is 19.0 Å². The van der Waals surface area contributed by atoms with Gasteiger partial charge in [-0.05, 0) is 43.4 Å². The number of aryl methyl sites for hydroxylation is 1. The number of aliphatic hydroxyl groups excluding tert-OH is 1. The van der Waals surface area contributed by atoms with Crippen LogP contribution >= 0.6 is 0 Å². The number of carbonyl (C=O) groups excluding carboxylic acids is 1.